The Hall–Kier alpha value is -1.94. The second kappa shape index (κ2) is 65.7. The molecule has 0 aromatic carbocycles. The number of carbonyl (C=O) groups excluding carboxylic acids is 4. The normalized spacial score (nSPS) is 14.4. The molecule has 0 spiro atoms. The number of hydrogen-bond acceptors (Lipinski definition) is 15. The van der Waals surface area contributed by atoms with E-state index in [0.717, 1.165) is 108 Å². The lowest BCUT2D eigenvalue weighted by Crippen LogP contribution is -2.30. The maximum atomic E-state index is 13.1. The van der Waals surface area contributed by atoms with Gasteiger partial charge in [0.25, 0.3) is 0 Å². The molecule has 0 bridgehead atoms. The molecule has 94 heavy (non-hydrogen) atoms. The number of aliphatic hydroxyl groups excluding tert-OH is 1. The molecule has 17 nitrogen and oxygen atoms in total. The first-order valence-electron chi connectivity index (χ1n) is 38.9. The van der Waals surface area contributed by atoms with Crippen molar-refractivity contribution in [3.05, 3.63) is 0 Å². The molecular formula is C75H146O17P2. The van der Waals surface area contributed by atoms with Crippen molar-refractivity contribution in [1.29, 1.82) is 0 Å². The maximum Gasteiger partial charge on any atom is 0.472 e. The van der Waals surface area contributed by atoms with Gasteiger partial charge in [-0.1, -0.05) is 331 Å². The maximum absolute atomic E-state index is 13.1. The van der Waals surface area contributed by atoms with Crippen molar-refractivity contribution >= 4 is 39.5 Å². The van der Waals surface area contributed by atoms with E-state index in [0.29, 0.717) is 31.6 Å². The summed E-state index contributed by atoms with van der Waals surface area (Å²) in [6.07, 6.45) is 51.7. The first-order valence-corrected chi connectivity index (χ1v) is 41.9. The van der Waals surface area contributed by atoms with Gasteiger partial charge in [-0.15, -0.1) is 0 Å². The molecule has 3 unspecified atom stereocenters. The fourth-order valence-electron chi connectivity index (χ4n) is 11.4. The van der Waals surface area contributed by atoms with E-state index >= 15 is 0 Å². The van der Waals surface area contributed by atoms with Crippen LogP contribution in [-0.2, 0) is 65.4 Å². The molecule has 0 saturated carbocycles. The lowest BCUT2D eigenvalue weighted by molar-refractivity contribution is -0.161. The van der Waals surface area contributed by atoms with Crippen LogP contribution in [0.25, 0.3) is 0 Å². The second-order valence-corrected chi connectivity index (χ2v) is 31.1. The average molecular weight is 1380 g/mol. The topological polar surface area (TPSA) is 237 Å². The van der Waals surface area contributed by atoms with Gasteiger partial charge in [-0.05, 0) is 43.4 Å². The predicted octanol–water partition coefficient (Wildman–Crippen LogP) is 21.8. The molecule has 0 heterocycles. The van der Waals surface area contributed by atoms with Crippen molar-refractivity contribution in [2.45, 2.75) is 401 Å². The van der Waals surface area contributed by atoms with Crippen LogP contribution in [0.15, 0.2) is 0 Å². The van der Waals surface area contributed by atoms with E-state index in [4.69, 9.17) is 37.0 Å². The molecule has 0 radical (unpaired) electrons. The number of unbranched alkanes of at least 4 members (excludes halogenated alkanes) is 40. The van der Waals surface area contributed by atoms with Gasteiger partial charge in [0.05, 0.1) is 26.4 Å². The van der Waals surface area contributed by atoms with E-state index in [1.165, 1.54) is 186 Å². The average Bonchev–Trinajstić information content (AvgIpc) is 1.90. The summed E-state index contributed by atoms with van der Waals surface area (Å²) in [5.41, 5.74) is 0. The Morgan fingerprint density at radius 3 is 0.809 bits per heavy atom. The number of hydrogen-bond donors (Lipinski definition) is 3. The molecule has 6 atom stereocenters. The Labute approximate surface area is 575 Å². The monoisotopic (exact) mass is 1380 g/mol. The van der Waals surface area contributed by atoms with E-state index in [-0.39, 0.29) is 25.7 Å². The first kappa shape index (κ1) is 92.1. The predicted molar refractivity (Wildman–Crippen MR) is 381 cm³/mol. The molecule has 0 amide bonds. The molecule has 0 aliphatic heterocycles. The van der Waals surface area contributed by atoms with Gasteiger partial charge in [0.2, 0.25) is 0 Å². The third kappa shape index (κ3) is 67.3. The third-order valence-electron chi connectivity index (χ3n) is 17.7. The van der Waals surface area contributed by atoms with Gasteiger partial charge in [-0.25, -0.2) is 9.13 Å². The first-order chi connectivity index (χ1) is 45.3. The van der Waals surface area contributed by atoms with Gasteiger partial charge >= 0.3 is 39.5 Å². The summed E-state index contributed by atoms with van der Waals surface area (Å²) < 4.78 is 68.4. The highest BCUT2D eigenvalue weighted by atomic mass is 31.2. The molecule has 0 aliphatic carbocycles. The number of esters is 4. The highest BCUT2D eigenvalue weighted by Crippen LogP contribution is 2.45. The van der Waals surface area contributed by atoms with Gasteiger partial charge in [0.15, 0.2) is 12.2 Å². The van der Waals surface area contributed by atoms with Crippen LogP contribution in [-0.4, -0.2) is 96.7 Å². The number of rotatable bonds is 73. The fraction of sp³-hybridized carbons (Fsp3) is 0.947. The molecule has 0 fully saturated rings. The van der Waals surface area contributed by atoms with Crippen molar-refractivity contribution in [2.75, 3.05) is 39.6 Å². The lowest BCUT2D eigenvalue weighted by atomic mass is 9.99. The van der Waals surface area contributed by atoms with Gasteiger partial charge < -0.3 is 33.8 Å². The van der Waals surface area contributed by atoms with Gasteiger partial charge in [0.1, 0.15) is 19.3 Å². The minimum Gasteiger partial charge on any atom is -0.462 e. The summed E-state index contributed by atoms with van der Waals surface area (Å²) in [5, 5.41) is 10.6. The van der Waals surface area contributed by atoms with Crippen LogP contribution in [0.5, 0.6) is 0 Å². The van der Waals surface area contributed by atoms with Crippen molar-refractivity contribution in [1.82, 2.24) is 0 Å². The zero-order valence-corrected chi connectivity index (χ0v) is 63.2. The smallest absolute Gasteiger partial charge is 0.462 e. The number of ether oxygens (including phenoxy) is 4. The molecule has 558 valence electrons. The largest absolute Gasteiger partial charge is 0.472 e. The summed E-state index contributed by atoms with van der Waals surface area (Å²) >= 11 is 0. The standard InChI is InChI=1S/C75H146O17P2/c1-8-10-11-12-13-14-15-16-17-18-19-20-21-22-23-24-25-28-35-44-51-58-74(79)91-70(62-85-72(77)56-49-42-34-29-26-27-32-39-46-53-66(3)4)64-89-93(81,82)87-60-69(76)61-88-94(83,84)90-65-71(63-86-73(78)57-50-43-38-37-40-47-54-67(5)6)92-75(80)59-52-45-36-31-30-33-41-48-55-68(7)9-2/h66-71,76H,8-65H2,1-7H3,(H,81,82)(H,83,84)/t68?,69-,70-,71-/m1/s1. The van der Waals surface area contributed by atoms with Crippen LogP contribution in [0, 0.1) is 17.8 Å². The Morgan fingerprint density at radius 1 is 0.309 bits per heavy atom. The third-order valence-corrected chi connectivity index (χ3v) is 19.6. The molecule has 0 aliphatic rings. The highest BCUT2D eigenvalue weighted by molar-refractivity contribution is 7.47. The van der Waals surface area contributed by atoms with Crippen molar-refractivity contribution < 1.29 is 80.2 Å². The van der Waals surface area contributed by atoms with Crippen LogP contribution < -0.4 is 0 Å². The van der Waals surface area contributed by atoms with Crippen LogP contribution in [0.3, 0.4) is 0 Å². The summed E-state index contributed by atoms with van der Waals surface area (Å²) in [6.45, 7) is 11.8. The quantitative estimate of drug-likeness (QED) is 0.0222. The zero-order chi connectivity index (χ0) is 69.4. The van der Waals surface area contributed by atoms with Crippen molar-refractivity contribution in [3.63, 3.8) is 0 Å². The zero-order valence-electron chi connectivity index (χ0n) is 61.4. The van der Waals surface area contributed by atoms with E-state index in [1.807, 2.05) is 0 Å². The van der Waals surface area contributed by atoms with Crippen LogP contribution >= 0.6 is 15.6 Å². The molecule has 0 rings (SSSR count). The van der Waals surface area contributed by atoms with E-state index in [1.54, 1.807) is 0 Å². The molecule has 0 aromatic rings. The summed E-state index contributed by atoms with van der Waals surface area (Å²) in [5.74, 6) is 0.0676. The van der Waals surface area contributed by atoms with Crippen LogP contribution in [0.1, 0.15) is 382 Å². The van der Waals surface area contributed by atoms with Gasteiger partial charge in [-0.3, -0.25) is 37.3 Å². The van der Waals surface area contributed by atoms with E-state index in [2.05, 4.69) is 48.5 Å². The number of phosphoric ester groups is 2. The number of phosphoric acid groups is 2. The number of aliphatic hydroxyl groups is 1. The van der Waals surface area contributed by atoms with E-state index in [9.17, 15) is 43.2 Å². The van der Waals surface area contributed by atoms with Gasteiger partial charge in [-0.2, -0.15) is 0 Å². The molecule has 19 heteroatoms. The Kier molecular flexibility index (Phi) is 64.3. The van der Waals surface area contributed by atoms with Gasteiger partial charge in [0, 0.05) is 25.7 Å². The Bertz CT molecular complexity index is 1840. The summed E-state index contributed by atoms with van der Waals surface area (Å²) in [4.78, 5) is 72.7. The Balaban J connectivity index is 5.19. The summed E-state index contributed by atoms with van der Waals surface area (Å²) in [7, 11) is -9.91. The molecular weight excluding hydrogens is 1230 g/mol. The highest BCUT2D eigenvalue weighted by Gasteiger charge is 2.30. The van der Waals surface area contributed by atoms with Crippen molar-refractivity contribution in [2.24, 2.45) is 17.8 Å². The molecule has 0 aromatic heterocycles. The summed E-state index contributed by atoms with van der Waals surface area (Å²) in [6, 6.07) is 0. The lowest BCUT2D eigenvalue weighted by Gasteiger charge is -2.21. The fourth-order valence-corrected chi connectivity index (χ4v) is 13.0. The Morgan fingerprint density at radius 2 is 0.543 bits per heavy atom. The van der Waals surface area contributed by atoms with Crippen LogP contribution in [0.2, 0.25) is 0 Å². The van der Waals surface area contributed by atoms with Crippen LogP contribution in [0.4, 0.5) is 0 Å². The molecule has 0 saturated heterocycles. The number of carbonyl (C=O) groups is 4. The SMILES string of the molecule is CCCCCCCCCCCCCCCCCCCCCCCC(=O)O[C@H](COC(=O)CCCCCCCCCCCC(C)C)COP(=O)(O)OC[C@@H](O)COP(=O)(O)OC[C@@H](COC(=O)CCCCCCCCC(C)C)OC(=O)CCCCCCCCCCC(C)CC. The minimum absolute atomic E-state index is 0.104. The van der Waals surface area contributed by atoms with Crippen molar-refractivity contribution in [3.8, 4) is 0 Å². The van der Waals surface area contributed by atoms with E-state index < -0.39 is 97.5 Å². The minimum atomic E-state index is -4.96. The molecule has 3 N–H and O–H groups in total. The second-order valence-electron chi connectivity index (χ2n) is 28.2.